The molecule has 1 aromatic rings. The average Bonchev–Trinajstić information content (AvgIpc) is 3.11. The molecule has 2 aliphatic rings. The van der Waals surface area contributed by atoms with Crippen LogP contribution in [0.3, 0.4) is 0 Å². The Kier molecular flexibility index (Phi) is 6.58. The van der Waals surface area contributed by atoms with Crippen LogP contribution in [0.4, 0.5) is 20.6 Å². The largest absolute Gasteiger partial charge is 0.442 e. The van der Waals surface area contributed by atoms with Crippen LogP contribution in [0.5, 0.6) is 0 Å². The van der Waals surface area contributed by atoms with Crippen LogP contribution in [0.25, 0.3) is 0 Å². The third kappa shape index (κ3) is 4.72. The topological polar surface area (TPSA) is 85.7 Å². The summed E-state index contributed by atoms with van der Waals surface area (Å²) in [4.78, 5) is 26.4. The van der Waals surface area contributed by atoms with Crippen LogP contribution in [0.2, 0.25) is 0 Å². The predicted octanol–water partition coefficient (Wildman–Crippen LogP) is 2.73. The summed E-state index contributed by atoms with van der Waals surface area (Å²) >= 11 is 0. The number of benzene rings is 1. The second-order valence-corrected chi connectivity index (χ2v) is 7.25. The number of nitrogens with one attached hydrogen (secondary N) is 1. The number of nitriles is 1. The van der Waals surface area contributed by atoms with Gasteiger partial charge in [0.25, 0.3) is 0 Å². The van der Waals surface area contributed by atoms with Crippen molar-refractivity contribution in [3.05, 3.63) is 35.2 Å². The van der Waals surface area contributed by atoms with Gasteiger partial charge in [0, 0.05) is 32.0 Å². The molecule has 156 valence electrons. The molecular formula is C22H23FN4O3. The fourth-order valence-corrected chi connectivity index (χ4v) is 3.68. The van der Waals surface area contributed by atoms with Crippen molar-refractivity contribution in [3.63, 3.8) is 0 Å². The molecule has 0 aromatic heterocycles. The molecule has 2 saturated heterocycles. The van der Waals surface area contributed by atoms with Gasteiger partial charge in [0.2, 0.25) is 5.91 Å². The highest BCUT2D eigenvalue weighted by atomic mass is 19.1. The van der Waals surface area contributed by atoms with Crippen molar-refractivity contribution in [2.24, 2.45) is 0 Å². The van der Waals surface area contributed by atoms with Crippen molar-refractivity contribution in [3.8, 4) is 18.4 Å². The minimum Gasteiger partial charge on any atom is -0.442 e. The van der Waals surface area contributed by atoms with Crippen molar-refractivity contribution in [1.29, 1.82) is 5.26 Å². The van der Waals surface area contributed by atoms with Crippen LogP contribution in [0.15, 0.2) is 29.3 Å². The zero-order valence-electron chi connectivity index (χ0n) is 16.8. The molecule has 7 nitrogen and oxygen atoms in total. The molecule has 2 aliphatic heterocycles. The number of rotatable bonds is 5. The summed E-state index contributed by atoms with van der Waals surface area (Å²) in [6.45, 7) is 3.02. The number of cyclic esters (lactones) is 1. The molecule has 2 heterocycles. The smallest absolute Gasteiger partial charge is 0.414 e. The lowest BCUT2D eigenvalue weighted by Gasteiger charge is -2.31. The summed E-state index contributed by atoms with van der Waals surface area (Å²) in [5.74, 6) is 1.87. The molecule has 8 heteroatoms. The third-order valence-corrected chi connectivity index (χ3v) is 5.24. The highest BCUT2D eigenvalue weighted by molar-refractivity contribution is 5.90. The monoisotopic (exact) mass is 410 g/mol. The normalized spacial score (nSPS) is 18.5. The zero-order valence-corrected chi connectivity index (χ0v) is 16.8. The molecule has 30 heavy (non-hydrogen) atoms. The maximum absolute atomic E-state index is 14.8. The Labute approximate surface area is 175 Å². The molecule has 2 amide bonds. The van der Waals surface area contributed by atoms with Crippen molar-refractivity contribution in [1.82, 2.24) is 5.32 Å². The molecule has 0 unspecified atom stereocenters. The van der Waals surface area contributed by atoms with Crippen molar-refractivity contribution in [2.45, 2.75) is 32.3 Å². The van der Waals surface area contributed by atoms with E-state index in [1.807, 2.05) is 4.90 Å². The molecule has 1 atom stereocenters. The van der Waals surface area contributed by atoms with E-state index in [2.05, 4.69) is 17.3 Å². The third-order valence-electron chi connectivity index (χ3n) is 5.24. The fourth-order valence-electron chi connectivity index (χ4n) is 3.68. The van der Waals surface area contributed by atoms with Crippen molar-refractivity contribution in [2.75, 3.05) is 36.0 Å². The maximum Gasteiger partial charge on any atom is 0.414 e. The molecule has 0 saturated carbocycles. The maximum atomic E-state index is 14.8. The van der Waals surface area contributed by atoms with Crippen LogP contribution >= 0.6 is 0 Å². The van der Waals surface area contributed by atoms with Crippen molar-refractivity contribution < 1.29 is 18.7 Å². The molecule has 0 radical (unpaired) electrons. The summed E-state index contributed by atoms with van der Waals surface area (Å²) in [6, 6.07) is 6.83. The minimum atomic E-state index is -0.567. The van der Waals surface area contributed by atoms with E-state index >= 15 is 0 Å². The van der Waals surface area contributed by atoms with E-state index in [0.717, 1.165) is 5.57 Å². The molecule has 1 aromatic carbocycles. The van der Waals surface area contributed by atoms with Gasteiger partial charge in [-0.1, -0.05) is 5.57 Å². The number of ether oxygens (including phenoxy) is 1. The number of piperidine rings is 1. The number of anilines is 2. The number of halogens is 1. The summed E-state index contributed by atoms with van der Waals surface area (Å²) in [5.41, 5.74) is 2.53. The summed E-state index contributed by atoms with van der Waals surface area (Å²) in [7, 11) is 0. The number of allylic oxidation sites excluding steroid dienone is 1. The van der Waals surface area contributed by atoms with Gasteiger partial charge in [-0.25, -0.2) is 9.18 Å². The van der Waals surface area contributed by atoms with Gasteiger partial charge in [0.15, 0.2) is 0 Å². The standard InChI is InChI=1S/C22H23FN4O3/c1-3-4-17(12-24)16-7-9-26(10-8-16)21-6-5-18(11-20(21)23)27-14-19(30-22(27)29)13-25-15(2)28/h1,5-6,11,19H,4,7-10,13-14H2,2H3,(H,25,28)/t19-/m0/s1. The second kappa shape index (κ2) is 9.32. The molecule has 0 aliphatic carbocycles. The van der Waals surface area contributed by atoms with Crippen LogP contribution < -0.4 is 15.1 Å². The quantitative estimate of drug-likeness (QED) is 0.596. The number of hydrogen-bond donors (Lipinski definition) is 1. The number of carbonyl (C=O) groups is 2. The van der Waals surface area contributed by atoms with E-state index in [1.165, 1.54) is 17.9 Å². The fraction of sp³-hybridized carbons (Fsp3) is 0.409. The molecule has 0 bridgehead atoms. The Morgan fingerprint density at radius 3 is 2.73 bits per heavy atom. The molecule has 1 N–H and O–H groups in total. The van der Waals surface area contributed by atoms with E-state index in [9.17, 15) is 19.2 Å². The Morgan fingerprint density at radius 2 is 2.13 bits per heavy atom. The first kappa shape index (κ1) is 21.2. The highest BCUT2D eigenvalue weighted by Crippen LogP contribution is 2.31. The number of nitrogens with zero attached hydrogens (tertiary/aromatic N) is 3. The van der Waals surface area contributed by atoms with E-state index in [-0.39, 0.29) is 19.0 Å². The van der Waals surface area contributed by atoms with E-state index in [0.29, 0.717) is 49.3 Å². The van der Waals surface area contributed by atoms with Crippen LogP contribution in [0.1, 0.15) is 26.2 Å². The first-order valence-corrected chi connectivity index (χ1v) is 9.74. The number of carbonyl (C=O) groups excluding carboxylic acids is 2. The van der Waals surface area contributed by atoms with E-state index < -0.39 is 18.0 Å². The number of hydrogen-bond acceptors (Lipinski definition) is 5. The van der Waals surface area contributed by atoms with Crippen LogP contribution in [0, 0.1) is 29.5 Å². The van der Waals surface area contributed by atoms with Crippen molar-refractivity contribution >= 4 is 23.4 Å². The number of amides is 2. The van der Waals surface area contributed by atoms with E-state index in [4.69, 9.17) is 11.2 Å². The Hall–Kier alpha value is -3.52. The van der Waals surface area contributed by atoms with Gasteiger partial charge in [-0.2, -0.15) is 5.26 Å². The SMILES string of the molecule is C#CCC(C#N)=C1CCN(c2ccc(N3C[C@H](CNC(C)=O)OC3=O)cc2F)CC1. The molecule has 3 rings (SSSR count). The van der Waals surface area contributed by atoms with Crippen LogP contribution in [-0.2, 0) is 9.53 Å². The van der Waals surface area contributed by atoms with Gasteiger partial charge in [0.05, 0.1) is 30.5 Å². The molecule has 2 fully saturated rings. The van der Waals surface area contributed by atoms with Gasteiger partial charge in [-0.05, 0) is 31.0 Å². The Bertz CT molecular complexity index is 950. The summed E-state index contributed by atoms with van der Waals surface area (Å²) in [5, 5.41) is 11.8. The second-order valence-electron chi connectivity index (χ2n) is 7.25. The highest BCUT2D eigenvalue weighted by Gasteiger charge is 2.33. The molecular weight excluding hydrogens is 387 g/mol. The molecule has 0 spiro atoms. The lowest BCUT2D eigenvalue weighted by atomic mass is 9.96. The summed E-state index contributed by atoms with van der Waals surface area (Å²) in [6.07, 6.45) is 5.92. The Morgan fingerprint density at radius 1 is 1.40 bits per heavy atom. The Balaban J connectivity index is 1.67. The lowest BCUT2D eigenvalue weighted by molar-refractivity contribution is -0.119. The number of terminal acetylenes is 1. The minimum absolute atomic E-state index is 0.208. The van der Waals surface area contributed by atoms with Gasteiger partial charge >= 0.3 is 6.09 Å². The first-order valence-electron chi connectivity index (χ1n) is 9.74. The van der Waals surface area contributed by atoms with Gasteiger partial charge in [0.1, 0.15) is 11.9 Å². The average molecular weight is 410 g/mol. The predicted molar refractivity (Wildman–Crippen MR) is 110 cm³/mol. The van der Waals surface area contributed by atoms with Gasteiger partial charge < -0.3 is 15.0 Å². The zero-order chi connectivity index (χ0) is 21.7. The van der Waals surface area contributed by atoms with E-state index in [1.54, 1.807) is 12.1 Å². The first-order chi connectivity index (χ1) is 14.4. The lowest BCUT2D eigenvalue weighted by Crippen LogP contribution is -2.33. The van der Waals surface area contributed by atoms with Gasteiger partial charge in [-0.15, -0.1) is 12.3 Å². The van der Waals surface area contributed by atoms with Gasteiger partial charge in [-0.3, -0.25) is 9.69 Å². The van der Waals surface area contributed by atoms with Crippen LogP contribution in [-0.4, -0.2) is 44.3 Å². The summed E-state index contributed by atoms with van der Waals surface area (Å²) < 4.78 is 20.1.